The Kier molecular flexibility index (Phi) is 4.89. The predicted molar refractivity (Wildman–Crippen MR) is 66.4 cm³/mol. The van der Waals surface area contributed by atoms with Crippen molar-refractivity contribution in [2.24, 2.45) is 14.1 Å². The Bertz CT molecular complexity index is 477. The average molecular weight is 241 g/mol. The number of hydrogen-bond acceptors (Lipinski definition) is 5. The maximum atomic E-state index is 11.7. The second kappa shape index (κ2) is 6.19. The number of hydrogen-bond donors (Lipinski definition) is 2. The molecule has 0 fully saturated rings. The van der Waals surface area contributed by atoms with Crippen LogP contribution in [0, 0.1) is 0 Å². The highest BCUT2D eigenvalue weighted by atomic mass is 16.2. The molecule has 1 aromatic rings. The van der Waals surface area contributed by atoms with E-state index in [4.69, 9.17) is 0 Å². The highest BCUT2D eigenvalue weighted by molar-refractivity contribution is 5.29. The third-order valence-corrected chi connectivity index (χ3v) is 2.39. The SMILES string of the molecule is CCNCCCNc1nn(C)c(=O)n(C)c1=O. The number of nitrogens with zero attached hydrogens (tertiary/aromatic N) is 3. The van der Waals surface area contributed by atoms with Crippen molar-refractivity contribution in [3.8, 4) is 0 Å². The summed E-state index contributed by atoms with van der Waals surface area (Å²) in [5.74, 6) is 0.214. The van der Waals surface area contributed by atoms with Crippen LogP contribution in [-0.4, -0.2) is 34.0 Å². The fourth-order valence-electron chi connectivity index (χ4n) is 1.41. The summed E-state index contributed by atoms with van der Waals surface area (Å²) in [5.41, 5.74) is -0.815. The smallest absolute Gasteiger partial charge is 0.346 e. The molecule has 1 heterocycles. The zero-order chi connectivity index (χ0) is 12.8. The second-order valence-corrected chi connectivity index (χ2v) is 3.75. The molecule has 0 aliphatic carbocycles. The maximum absolute atomic E-state index is 11.7. The van der Waals surface area contributed by atoms with Gasteiger partial charge in [0.15, 0.2) is 0 Å². The molecular formula is C10H19N5O2. The molecule has 0 saturated carbocycles. The molecule has 0 unspecified atom stereocenters. The summed E-state index contributed by atoms with van der Waals surface area (Å²) in [4.78, 5) is 23.1. The lowest BCUT2D eigenvalue weighted by Gasteiger charge is -2.07. The summed E-state index contributed by atoms with van der Waals surface area (Å²) in [7, 11) is 2.96. The first kappa shape index (κ1) is 13.4. The van der Waals surface area contributed by atoms with E-state index in [1.54, 1.807) is 0 Å². The van der Waals surface area contributed by atoms with E-state index in [-0.39, 0.29) is 5.82 Å². The zero-order valence-corrected chi connectivity index (χ0v) is 10.5. The number of anilines is 1. The van der Waals surface area contributed by atoms with Gasteiger partial charge in [0.25, 0.3) is 5.56 Å². The molecule has 96 valence electrons. The third-order valence-electron chi connectivity index (χ3n) is 2.39. The molecule has 0 bridgehead atoms. The topological polar surface area (TPSA) is 81.0 Å². The molecule has 1 rings (SSSR count). The van der Waals surface area contributed by atoms with Gasteiger partial charge in [0, 0.05) is 20.6 Å². The largest absolute Gasteiger partial charge is 0.364 e. The van der Waals surface area contributed by atoms with Crippen LogP contribution in [-0.2, 0) is 14.1 Å². The summed E-state index contributed by atoms with van der Waals surface area (Å²) < 4.78 is 2.19. The van der Waals surface area contributed by atoms with Crippen molar-refractivity contribution >= 4 is 5.82 Å². The van der Waals surface area contributed by atoms with Crippen LogP contribution in [0.3, 0.4) is 0 Å². The molecule has 1 aromatic heterocycles. The first-order valence-corrected chi connectivity index (χ1v) is 5.66. The molecule has 2 N–H and O–H groups in total. The molecule has 17 heavy (non-hydrogen) atoms. The third kappa shape index (κ3) is 3.42. The fourth-order valence-corrected chi connectivity index (χ4v) is 1.41. The van der Waals surface area contributed by atoms with E-state index in [1.165, 1.54) is 14.1 Å². The van der Waals surface area contributed by atoms with Gasteiger partial charge in [-0.05, 0) is 19.5 Å². The normalized spacial score (nSPS) is 10.5. The van der Waals surface area contributed by atoms with Gasteiger partial charge in [-0.2, -0.15) is 0 Å². The Morgan fingerprint density at radius 3 is 2.59 bits per heavy atom. The molecule has 0 spiro atoms. The van der Waals surface area contributed by atoms with E-state index in [1.807, 2.05) is 6.92 Å². The minimum Gasteiger partial charge on any atom is -0.364 e. The van der Waals surface area contributed by atoms with Crippen molar-refractivity contribution in [1.29, 1.82) is 0 Å². The van der Waals surface area contributed by atoms with Gasteiger partial charge >= 0.3 is 5.69 Å². The molecule has 0 saturated heterocycles. The molecule has 0 aromatic carbocycles. The highest BCUT2D eigenvalue weighted by Gasteiger charge is 2.07. The van der Waals surface area contributed by atoms with Crippen molar-refractivity contribution in [3.63, 3.8) is 0 Å². The van der Waals surface area contributed by atoms with Crippen LogP contribution in [0.15, 0.2) is 9.59 Å². The van der Waals surface area contributed by atoms with Crippen molar-refractivity contribution in [1.82, 2.24) is 19.7 Å². The van der Waals surface area contributed by atoms with Crippen LogP contribution in [0.25, 0.3) is 0 Å². The van der Waals surface area contributed by atoms with Gasteiger partial charge in [-0.3, -0.25) is 9.36 Å². The molecule has 0 aliphatic heterocycles. The lowest BCUT2D eigenvalue weighted by atomic mass is 10.4. The van der Waals surface area contributed by atoms with Crippen LogP contribution >= 0.6 is 0 Å². The predicted octanol–water partition coefficient (Wildman–Crippen LogP) is -1.11. The minimum atomic E-state index is -0.423. The van der Waals surface area contributed by atoms with E-state index in [2.05, 4.69) is 15.7 Å². The van der Waals surface area contributed by atoms with Gasteiger partial charge in [-0.15, -0.1) is 5.10 Å². The van der Waals surface area contributed by atoms with Crippen molar-refractivity contribution in [3.05, 3.63) is 20.8 Å². The van der Waals surface area contributed by atoms with E-state index < -0.39 is 11.2 Å². The Morgan fingerprint density at radius 2 is 1.94 bits per heavy atom. The Hall–Kier alpha value is -1.63. The van der Waals surface area contributed by atoms with Crippen molar-refractivity contribution in [2.45, 2.75) is 13.3 Å². The number of nitrogens with one attached hydrogen (secondary N) is 2. The van der Waals surface area contributed by atoms with Gasteiger partial charge < -0.3 is 10.6 Å². The number of aryl methyl sites for hydroxylation is 1. The molecular weight excluding hydrogens is 222 g/mol. The van der Waals surface area contributed by atoms with Gasteiger partial charge in [-0.1, -0.05) is 6.92 Å². The molecule has 0 aliphatic rings. The van der Waals surface area contributed by atoms with Crippen molar-refractivity contribution in [2.75, 3.05) is 25.0 Å². The van der Waals surface area contributed by atoms with E-state index in [9.17, 15) is 9.59 Å². The number of rotatable bonds is 6. The van der Waals surface area contributed by atoms with Crippen molar-refractivity contribution < 1.29 is 0 Å². The first-order valence-electron chi connectivity index (χ1n) is 5.66. The van der Waals surface area contributed by atoms with Gasteiger partial charge in [0.05, 0.1) is 0 Å². The monoisotopic (exact) mass is 241 g/mol. The fraction of sp³-hybridized carbons (Fsp3) is 0.700. The van der Waals surface area contributed by atoms with Crippen LogP contribution in [0.5, 0.6) is 0 Å². The summed E-state index contributed by atoms with van der Waals surface area (Å²) in [6.07, 6.45) is 0.890. The average Bonchev–Trinajstić information content (AvgIpc) is 2.32. The Morgan fingerprint density at radius 1 is 1.24 bits per heavy atom. The summed E-state index contributed by atoms with van der Waals surface area (Å²) in [6, 6.07) is 0. The molecule has 0 radical (unpaired) electrons. The summed E-state index contributed by atoms with van der Waals surface area (Å²) in [6.45, 7) is 4.50. The summed E-state index contributed by atoms with van der Waals surface area (Å²) >= 11 is 0. The standard InChI is InChI=1S/C10H19N5O2/c1-4-11-6-5-7-12-8-9(16)14(2)10(17)15(3)13-8/h11H,4-7H2,1-3H3,(H,12,13). The highest BCUT2D eigenvalue weighted by Crippen LogP contribution is 1.89. The Balaban J connectivity index is 2.66. The lowest BCUT2D eigenvalue weighted by molar-refractivity contribution is 0.602. The van der Waals surface area contributed by atoms with Crippen LogP contribution in [0.1, 0.15) is 13.3 Å². The quantitative estimate of drug-likeness (QED) is 0.617. The molecule has 7 nitrogen and oxygen atoms in total. The zero-order valence-electron chi connectivity index (χ0n) is 10.5. The van der Waals surface area contributed by atoms with Gasteiger partial charge in [0.1, 0.15) is 0 Å². The summed E-state index contributed by atoms with van der Waals surface area (Å²) in [5, 5.41) is 10.0. The van der Waals surface area contributed by atoms with Crippen LogP contribution in [0.4, 0.5) is 5.82 Å². The van der Waals surface area contributed by atoms with Crippen LogP contribution in [0.2, 0.25) is 0 Å². The van der Waals surface area contributed by atoms with E-state index in [0.717, 1.165) is 28.8 Å². The van der Waals surface area contributed by atoms with Gasteiger partial charge in [-0.25, -0.2) is 9.48 Å². The molecule has 0 atom stereocenters. The minimum absolute atomic E-state index is 0.214. The maximum Gasteiger partial charge on any atom is 0.346 e. The second-order valence-electron chi connectivity index (χ2n) is 3.75. The van der Waals surface area contributed by atoms with E-state index >= 15 is 0 Å². The van der Waals surface area contributed by atoms with E-state index in [0.29, 0.717) is 6.54 Å². The number of aromatic nitrogens is 3. The molecule has 0 amide bonds. The van der Waals surface area contributed by atoms with Crippen LogP contribution < -0.4 is 21.9 Å². The molecule has 7 heteroatoms. The first-order chi connectivity index (χ1) is 8.07. The van der Waals surface area contributed by atoms with Gasteiger partial charge in [0.2, 0.25) is 5.82 Å². The Labute approximate surface area is 99.5 Å². The lowest BCUT2D eigenvalue weighted by Crippen LogP contribution is -2.40.